The van der Waals surface area contributed by atoms with Crippen molar-refractivity contribution in [3.63, 3.8) is 0 Å². The molecule has 0 radical (unpaired) electrons. The Bertz CT molecular complexity index is 1060. The minimum atomic E-state index is 0.0461. The van der Waals surface area contributed by atoms with Crippen molar-refractivity contribution in [3.05, 3.63) is 61.1 Å². The molecule has 0 saturated carbocycles. The maximum Gasteiger partial charge on any atom is 0.160 e. The molecule has 0 saturated heterocycles. The zero-order valence-electron chi connectivity index (χ0n) is 14.0. The number of aromatic hydroxyl groups is 1. The number of hydrogen-bond donors (Lipinski definition) is 3. The highest BCUT2D eigenvalue weighted by Crippen LogP contribution is 2.40. The molecule has 2 heterocycles. The average molecular weight is 347 g/mol. The molecule has 2 aromatic heterocycles. The van der Waals surface area contributed by atoms with E-state index in [0.29, 0.717) is 17.3 Å². The molecule has 0 spiro atoms. The van der Waals surface area contributed by atoms with Crippen LogP contribution in [0.3, 0.4) is 0 Å². The van der Waals surface area contributed by atoms with Gasteiger partial charge in [0.1, 0.15) is 12.0 Å². The minimum absolute atomic E-state index is 0.0461. The van der Waals surface area contributed by atoms with Gasteiger partial charge < -0.3 is 20.6 Å². The highest BCUT2D eigenvalue weighted by atomic mass is 16.5. The van der Waals surface area contributed by atoms with Crippen LogP contribution in [-0.4, -0.2) is 27.2 Å². The number of nitrogens with one attached hydrogen (secondary N) is 1. The first kappa shape index (κ1) is 15.8. The number of phenolic OH excluding ortho intramolecular Hbond substituents is 1. The fourth-order valence-corrected chi connectivity index (χ4v) is 2.87. The number of hydrogen-bond acceptors (Lipinski definition) is 6. The quantitative estimate of drug-likeness (QED) is 0.486. The second-order valence-corrected chi connectivity index (χ2v) is 5.72. The van der Waals surface area contributed by atoms with E-state index in [0.717, 1.165) is 22.4 Å². The Kier molecular flexibility index (Phi) is 3.81. The molecule has 130 valence electrons. The summed E-state index contributed by atoms with van der Waals surface area (Å²) in [6.07, 6.45) is 3.32. The number of phenols is 1. The van der Waals surface area contributed by atoms with E-state index in [1.54, 1.807) is 12.1 Å². The van der Waals surface area contributed by atoms with Gasteiger partial charge in [-0.25, -0.2) is 9.97 Å². The van der Waals surface area contributed by atoms with E-state index in [1.165, 1.54) is 13.4 Å². The summed E-state index contributed by atoms with van der Waals surface area (Å²) < 4.78 is 5.15. The van der Waals surface area contributed by atoms with Crippen LogP contribution in [0.5, 0.6) is 11.5 Å². The molecule has 0 bridgehead atoms. The number of rotatable bonds is 4. The summed E-state index contributed by atoms with van der Waals surface area (Å²) in [7, 11) is 1.51. The molecule has 0 atom stereocenters. The lowest BCUT2D eigenvalue weighted by Gasteiger charge is -2.25. The van der Waals surface area contributed by atoms with Gasteiger partial charge in [0.2, 0.25) is 0 Å². The van der Waals surface area contributed by atoms with E-state index in [9.17, 15) is 5.11 Å². The summed E-state index contributed by atoms with van der Waals surface area (Å²) >= 11 is 0. The van der Waals surface area contributed by atoms with Gasteiger partial charge in [-0.2, -0.15) is 0 Å². The fourth-order valence-electron chi connectivity index (χ4n) is 2.87. The molecule has 26 heavy (non-hydrogen) atoms. The molecular formula is C19H17N5O2. The summed E-state index contributed by atoms with van der Waals surface area (Å²) in [6, 6.07) is 14.6. The first-order chi connectivity index (χ1) is 12.7. The number of benzene rings is 2. The maximum absolute atomic E-state index is 10.2. The van der Waals surface area contributed by atoms with Gasteiger partial charge in [-0.15, -0.1) is 0 Å². The van der Waals surface area contributed by atoms with Gasteiger partial charge in [0.25, 0.3) is 0 Å². The van der Waals surface area contributed by atoms with Crippen molar-refractivity contribution in [1.29, 1.82) is 0 Å². The molecule has 0 aliphatic rings. The van der Waals surface area contributed by atoms with Crippen molar-refractivity contribution in [1.82, 2.24) is 15.0 Å². The Hall–Kier alpha value is -3.74. The van der Waals surface area contributed by atoms with E-state index in [4.69, 9.17) is 10.5 Å². The van der Waals surface area contributed by atoms with Crippen LogP contribution in [0, 0.1) is 0 Å². The third-order valence-corrected chi connectivity index (χ3v) is 4.12. The van der Waals surface area contributed by atoms with Gasteiger partial charge in [-0.1, -0.05) is 0 Å². The number of aromatic nitrogens is 3. The number of ether oxygens (including phenoxy) is 1. The van der Waals surface area contributed by atoms with Crippen LogP contribution in [-0.2, 0) is 0 Å². The summed E-state index contributed by atoms with van der Waals surface area (Å²) in [5.41, 5.74) is 8.81. The Labute approximate surface area is 149 Å². The van der Waals surface area contributed by atoms with Crippen molar-refractivity contribution in [3.8, 4) is 11.5 Å². The predicted molar refractivity (Wildman–Crippen MR) is 101 cm³/mol. The Morgan fingerprint density at radius 3 is 2.54 bits per heavy atom. The molecule has 7 heteroatoms. The normalized spacial score (nSPS) is 10.8. The summed E-state index contributed by atoms with van der Waals surface area (Å²) in [5, 5.41) is 11.1. The van der Waals surface area contributed by atoms with Crippen molar-refractivity contribution in [2.45, 2.75) is 0 Å². The SMILES string of the molecule is COc1ccc(N(c2ccc(N)cc2)c2ncnc3[nH]ccc23)cc1O. The molecule has 0 fully saturated rings. The highest BCUT2D eigenvalue weighted by Gasteiger charge is 2.18. The number of nitrogen functional groups attached to an aromatic ring is 1. The average Bonchev–Trinajstić information content (AvgIpc) is 3.13. The molecule has 4 aromatic rings. The third kappa shape index (κ3) is 2.65. The van der Waals surface area contributed by atoms with Crippen LogP contribution >= 0.6 is 0 Å². The van der Waals surface area contributed by atoms with E-state index in [2.05, 4.69) is 15.0 Å². The van der Waals surface area contributed by atoms with Gasteiger partial charge in [-0.05, 0) is 42.5 Å². The third-order valence-electron chi connectivity index (χ3n) is 4.12. The zero-order valence-corrected chi connectivity index (χ0v) is 14.0. The van der Waals surface area contributed by atoms with Crippen LogP contribution in [0.15, 0.2) is 61.1 Å². The van der Waals surface area contributed by atoms with Crippen molar-refractivity contribution < 1.29 is 9.84 Å². The number of methoxy groups -OCH3 is 1. The molecule has 4 N–H and O–H groups in total. The molecule has 2 aromatic carbocycles. The number of anilines is 4. The van der Waals surface area contributed by atoms with Crippen LogP contribution < -0.4 is 15.4 Å². The van der Waals surface area contributed by atoms with E-state index < -0.39 is 0 Å². The second kappa shape index (κ2) is 6.29. The summed E-state index contributed by atoms with van der Waals surface area (Å²) in [5.74, 6) is 1.14. The second-order valence-electron chi connectivity index (χ2n) is 5.72. The molecule has 0 amide bonds. The van der Waals surface area contributed by atoms with Gasteiger partial charge in [0.15, 0.2) is 17.3 Å². The first-order valence-electron chi connectivity index (χ1n) is 7.98. The Morgan fingerprint density at radius 2 is 1.81 bits per heavy atom. The molecule has 4 rings (SSSR count). The van der Waals surface area contributed by atoms with Crippen molar-refractivity contribution >= 4 is 33.9 Å². The number of aromatic amines is 1. The Morgan fingerprint density at radius 1 is 1.04 bits per heavy atom. The Balaban J connectivity index is 1.94. The topological polar surface area (TPSA) is 100 Å². The number of fused-ring (bicyclic) bond motifs is 1. The molecule has 0 unspecified atom stereocenters. The van der Waals surface area contributed by atoms with Crippen LogP contribution in [0.4, 0.5) is 22.9 Å². The number of nitrogens with two attached hydrogens (primary N) is 1. The van der Waals surface area contributed by atoms with E-state index in [1.807, 2.05) is 47.5 Å². The lowest BCUT2D eigenvalue weighted by atomic mass is 10.2. The van der Waals surface area contributed by atoms with Crippen molar-refractivity contribution in [2.75, 3.05) is 17.7 Å². The van der Waals surface area contributed by atoms with E-state index >= 15 is 0 Å². The molecule has 7 nitrogen and oxygen atoms in total. The van der Waals surface area contributed by atoms with Crippen LogP contribution in [0.1, 0.15) is 0 Å². The fraction of sp³-hybridized carbons (Fsp3) is 0.0526. The summed E-state index contributed by atoms with van der Waals surface area (Å²) in [6.45, 7) is 0. The van der Waals surface area contributed by atoms with E-state index in [-0.39, 0.29) is 5.75 Å². The highest BCUT2D eigenvalue weighted by molar-refractivity contribution is 5.93. The standard InChI is InChI=1S/C19H17N5O2/c1-26-17-7-6-14(10-16(17)25)24(13-4-2-12(20)3-5-13)19-15-8-9-21-18(15)22-11-23-19/h2-11,25H,20H2,1H3,(H,21,22,23). The molecule has 0 aliphatic heterocycles. The largest absolute Gasteiger partial charge is 0.504 e. The lowest BCUT2D eigenvalue weighted by Crippen LogP contribution is -2.12. The monoisotopic (exact) mass is 347 g/mol. The van der Waals surface area contributed by atoms with Gasteiger partial charge in [-0.3, -0.25) is 4.90 Å². The first-order valence-corrected chi connectivity index (χ1v) is 7.98. The maximum atomic E-state index is 10.2. The summed E-state index contributed by atoms with van der Waals surface area (Å²) in [4.78, 5) is 13.7. The number of H-pyrrole nitrogens is 1. The number of nitrogens with zero attached hydrogens (tertiary/aromatic N) is 3. The smallest absolute Gasteiger partial charge is 0.160 e. The molecule has 0 aliphatic carbocycles. The predicted octanol–water partition coefficient (Wildman–Crippen LogP) is 3.72. The van der Waals surface area contributed by atoms with Crippen molar-refractivity contribution in [2.24, 2.45) is 0 Å². The van der Waals surface area contributed by atoms with Gasteiger partial charge >= 0.3 is 0 Å². The molecular weight excluding hydrogens is 330 g/mol. The van der Waals surface area contributed by atoms with Crippen LogP contribution in [0.25, 0.3) is 11.0 Å². The van der Waals surface area contributed by atoms with Crippen LogP contribution in [0.2, 0.25) is 0 Å². The van der Waals surface area contributed by atoms with Gasteiger partial charge in [0.05, 0.1) is 18.2 Å². The van der Waals surface area contributed by atoms with Gasteiger partial charge in [0, 0.05) is 23.6 Å². The lowest BCUT2D eigenvalue weighted by molar-refractivity contribution is 0.373. The zero-order chi connectivity index (χ0) is 18.1. The minimum Gasteiger partial charge on any atom is -0.504 e.